The highest BCUT2D eigenvalue weighted by atomic mass is 32.2. The van der Waals surface area contributed by atoms with Gasteiger partial charge < -0.3 is 10.0 Å². The Labute approximate surface area is 152 Å². The minimum Gasteiger partial charge on any atom is -0.480 e. The summed E-state index contributed by atoms with van der Waals surface area (Å²) in [6.07, 6.45) is 0.250. The van der Waals surface area contributed by atoms with Crippen molar-refractivity contribution in [3.05, 3.63) is 65.2 Å². The summed E-state index contributed by atoms with van der Waals surface area (Å²) in [5, 5.41) is 9.54. The predicted octanol–water partition coefficient (Wildman–Crippen LogP) is 2.13. The molecule has 1 atom stereocenters. The molecule has 1 aliphatic rings. The zero-order chi connectivity index (χ0) is 18.9. The maximum atomic E-state index is 12.9. The molecule has 26 heavy (non-hydrogen) atoms. The molecule has 0 aromatic heterocycles. The van der Waals surface area contributed by atoms with E-state index in [2.05, 4.69) is 0 Å². The quantitative estimate of drug-likeness (QED) is 0.886. The topological polar surface area (TPSA) is 91.8 Å². The van der Waals surface area contributed by atoms with Gasteiger partial charge in [0.1, 0.15) is 6.04 Å². The van der Waals surface area contributed by atoms with Crippen LogP contribution in [0.15, 0.2) is 53.4 Å². The molecular formula is C19H19NO5S. The van der Waals surface area contributed by atoms with E-state index in [4.69, 9.17) is 0 Å². The van der Waals surface area contributed by atoms with Crippen LogP contribution in [0.2, 0.25) is 0 Å². The van der Waals surface area contributed by atoms with Crippen molar-refractivity contribution in [3.8, 4) is 0 Å². The molecule has 1 heterocycles. The molecule has 7 heteroatoms. The van der Waals surface area contributed by atoms with Crippen LogP contribution in [0.4, 0.5) is 0 Å². The summed E-state index contributed by atoms with van der Waals surface area (Å²) in [5.41, 5.74) is 2.11. The highest BCUT2D eigenvalue weighted by Crippen LogP contribution is 2.25. The second-order valence-electron chi connectivity index (χ2n) is 6.19. The number of carbonyl (C=O) groups is 2. The van der Waals surface area contributed by atoms with E-state index in [1.807, 2.05) is 24.3 Å². The number of hydrogen-bond donors (Lipinski definition) is 1. The van der Waals surface area contributed by atoms with Crippen LogP contribution in [0, 0.1) is 0 Å². The van der Waals surface area contributed by atoms with Gasteiger partial charge in [-0.2, -0.15) is 0 Å². The van der Waals surface area contributed by atoms with Crippen LogP contribution in [0.1, 0.15) is 28.4 Å². The van der Waals surface area contributed by atoms with Gasteiger partial charge in [0, 0.05) is 18.5 Å². The lowest BCUT2D eigenvalue weighted by molar-refractivity contribution is -0.142. The number of nitrogens with zero attached hydrogens (tertiary/aromatic N) is 1. The van der Waals surface area contributed by atoms with Crippen LogP contribution in [-0.2, 0) is 27.6 Å². The van der Waals surface area contributed by atoms with Gasteiger partial charge in [0.2, 0.25) is 0 Å². The van der Waals surface area contributed by atoms with E-state index in [1.165, 1.54) is 29.2 Å². The van der Waals surface area contributed by atoms with Crippen LogP contribution in [0.3, 0.4) is 0 Å². The Morgan fingerprint density at radius 2 is 1.69 bits per heavy atom. The van der Waals surface area contributed by atoms with E-state index in [-0.39, 0.29) is 29.2 Å². The zero-order valence-electron chi connectivity index (χ0n) is 14.3. The predicted molar refractivity (Wildman–Crippen MR) is 95.6 cm³/mol. The Kier molecular flexibility index (Phi) is 4.82. The van der Waals surface area contributed by atoms with Gasteiger partial charge in [0.15, 0.2) is 9.84 Å². The van der Waals surface area contributed by atoms with E-state index in [0.717, 1.165) is 11.1 Å². The molecule has 0 saturated heterocycles. The first-order chi connectivity index (χ1) is 12.3. The lowest BCUT2D eigenvalue weighted by Gasteiger charge is -2.34. The fraction of sp³-hybridized carbons (Fsp3) is 0.263. The molecule has 6 nitrogen and oxygen atoms in total. The highest BCUT2D eigenvalue weighted by Gasteiger charge is 2.34. The van der Waals surface area contributed by atoms with Crippen molar-refractivity contribution >= 4 is 21.7 Å². The fourth-order valence-electron chi connectivity index (χ4n) is 3.09. The second-order valence-corrected chi connectivity index (χ2v) is 8.47. The van der Waals surface area contributed by atoms with Gasteiger partial charge in [0.25, 0.3) is 5.91 Å². The van der Waals surface area contributed by atoms with Crippen molar-refractivity contribution in [3.63, 3.8) is 0 Å². The molecule has 1 N–H and O–H groups in total. The number of carboxylic acid groups (broad SMARTS) is 1. The normalized spacial score (nSPS) is 16.8. The third kappa shape index (κ3) is 3.35. The molecule has 1 aliphatic heterocycles. The van der Waals surface area contributed by atoms with Crippen LogP contribution >= 0.6 is 0 Å². The molecule has 0 fully saturated rings. The van der Waals surface area contributed by atoms with E-state index < -0.39 is 27.8 Å². The summed E-state index contributed by atoms with van der Waals surface area (Å²) in [5.74, 6) is -1.50. The SMILES string of the molecule is CCS(=O)(=O)c1ccc(C(=O)N2Cc3ccccc3CC2C(=O)O)cc1. The van der Waals surface area contributed by atoms with Gasteiger partial charge in [-0.05, 0) is 35.4 Å². The monoisotopic (exact) mass is 373 g/mol. The Morgan fingerprint density at radius 1 is 1.08 bits per heavy atom. The Morgan fingerprint density at radius 3 is 2.27 bits per heavy atom. The number of carboxylic acids is 1. The number of benzene rings is 2. The van der Waals surface area contributed by atoms with Gasteiger partial charge in [-0.25, -0.2) is 13.2 Å². The standard InChI is InChI=1S/C19H19NO5S/c1-2-26(24,25)16-9-7-13(8-10-16)18(21)20-12-15-6-4-3-5-14(15)11-17(20)19(22)23/h3-10,17H,2,11-12H2,1H3,(H,22,23). The smallest absolute Gasteiger partial charge is 0.326 e. The summed E-state index contributed by atoms with van der Waals surface area (Å²) in [6.45, 7) is 1.76. The number of rotatable bonds is 4. The molecule has 0 bridgehead atoms. The molecule has 2 aromatic carbocycles. The van der Waals surface area contributed by atoms with Crippen molar-refractivity contribution < 1.29 is 23.1 Å². The van der Waals surface area contributed by atoms with Crippen LogP contribution in [-0.4, -0.2) is 42.1 Å². The van der Waals surface area contributed by atoms with E-state index in [9.17, 15) is 23.1 Å². The Hall–Kier alpha value is -2.67. The number of carbonyl (C=O) groups excluding carboxylic acids is 1. The lowest BCUT2D eigenvalue weighted by atomic mass is 9.93. The fourth-order valence-corrected chi connectivity index (χ4v) is 3.98. The largest absolute Gasteiger partial charge is 0.480 e. The van der Waals surface area contributed by atoms with Crippen molar-refractivity contribution in [2.24, 2.45) is 0 Å². The molecule has 0 radical (unpaired) electrons. The first kappa shape index (κ1) is 18.1. The average Bonchev–Trinajstić information content (AvgIpc) is 2.66. The third-order valence-electron chi connectivity index (χ3n) is 4.63. The maximum absolute atomic E-state index is 12.9. The number of sulfone groups is 1. The highest BCUT2D eigenvalue weighted by molar-refractivity contribution is 7.91. The number of amides is 1. The van der Waals surface area contributed by atoms with Gasteiger partial charge in [-0.1, -0.05) is 31.2 Å². The molecule has 2 aromatic rings. The minimum atomic E-state index is -3.35. The number of hydrogen-bond acceptors (Lipinski definition) is 4. The number of fused-ring (bicyclic) bond motifs is 1. The summed E-state index contributed by atoms with van der Waals surface area (Å²) in [6, 6.07) is 12.2. The maximum Gasteiger partial charge on any atom is 0.326 e. The molecule has 3 rings (SSSR count). The van der Waals surface area contributed by atoms with E-state index in [0.29, 0.717) is 0 Å². The average molecular weight is 373 g/mol. The second kappa shape index (κ2) is 6.92. The first-order valence-corrected chi connectivity index (χ1v) is 9.92. The Bertz CT molecular complexity index is 950. The summed E-state index contributed by atoms with van der Waals surface area (Å²) in [4.78, 5) is 26.0. The zero-order valence-corrected chi connectivity index (χ0v) is 15.1. The van der Waals surface area contributed by atoms with Crippen molar-refractivity contribution in [1.82, 2.24) is 4.90 Å². The number of aliphatic carboxylic acids is 1. The molecule has 0 aliphatic carbocycles. The van der Waals surface area contributed by atoms with Crippen LogP contribution in [0.25, 0.3) is 0 Å². The molecule has 0 spiro atoms. The molecule has 1 amide bonds. The van der Waals surface area contributed by atoms with Gasteiger partial charge in [-0.15, -0.1) is 0 Å². The van der Waals surface area contributed by atoms with E-state index >= 15 is 0 Å². The first-order valence-electron chi connectivity index (χ1n) is 8.27. The van der Waals surface area contributed by atoms with Crippen LogP contribution < -0.4 is 0 Å². The van der Waals surface area contributed by atoms with Crippen molar-refractivity contribution in [2.75, 3.05) is 5.75 Å². The van der Waals surface area contributed by atoms with Gasteiger partial charge in [0.05, 0.1) is 10.6 Å². The van der Waals surface area contributed by atoms with Gasteiger partial charge in [-0.3, -0.25) is 4.79 Å². The molecule has 1 unspecified atom stereocenters. The minimum absolute atomic E-state index is 0.0235. The molecular weight excluding hydrogens is 354 g/mol. The van der Waals surface area contributed by atoms with E-state index in [1.54, 1.807) is 6.92 Å². The summed E-state index contributed by atoms with van der Waals surface area (Å²) in [7, 11) is -3.35. The van der Waals surface area contributed by atoms with Gasteiger partial charge >= 0.3 is 5.97 Å². The van der Waals surface area contributed by atoms with Crippen molar-refractivity contribution in [2.45, 2.75) is 30.8 Å². The third-order valence-corrected chi connectivity index (χ3v) is 6.39. The summed E-state index contributed by atoms with van der Waals surface area (Å²) < 4.78 is 23.8. The van der Waals surface area contributed by atoms with Crippen molar-refractivity contribution in [1.29, 1.82) is 0 Å². The molecule has 0 saturated carbocycles. The summed E-state index contributed by atoms with van der Waals surface area (Å²) >= 11 is 0. The Balaban J connectivity index is 1.92. The molecule has 136 valence electrons. The lowest BCUT2D eigenvalue weighted by Crippen LogP contribution is -2.48. The van der Waals surface area contributed by atoms with Crippen LogP contribution in [0.5, 0.6) is 0 Å².